The molecule has 0 bridgehead atoms. The lowest BCUT2D eigenvalue weighted by Gasteiger charge is -2.13. The van der Waals surface area contributed by atoms with Gasteiger partial charge < -0.3 is 0 Å². The van der Waals surface area contributed by atoms with Crippen LogP contribution in [0.15, 0.2) is 54.9 Å². The fraction of sp³-hybridized carbons (Fsp3) is 0.0500. The first-order valence-electron chi connectivity index (χ1n) is 8.50. The van der Waals surface area contributed by atoms with E-state index >= 15 is 0 Å². The topological polar surface area (TPSA) is 81.0 Å². The van der Waals surface area contributed by atoms with Gasteiger partial charge in [-0.25, -0.2) is 14.9 Å². The summed E-state index contributed by atoms with van der Waals surface area (Å²) in [6.07, 6.45) is 3.08. The van der Waals surface area contributed by atoms with Crippen LogP contribution in [0.3, 0.4) is 0 Å². The summed E-state index contributed by atoms with van der Waals surface area (Å²) in [5.41, 5.74) is 2.11. The highest BCUT2D eigenvalue weighted by molar-refractivity contribution is 6.37. The van der Waals surface area contributed by atoms with Crippen molar-refractivity contribution in [2.24, 2.45) is 0 Å². The zero-order valence-corrected chi connectivity index (χ0v) is 15.4. The molecule has 1 aliphatic rings. The van der Waals surface area contributed by atoms with Crippen LogP contribution in [0.25, 0.3) is 16.9 Å². The number of aryl methyl sites for hydroxylation is 1. The van der Waals surface area contributed by atoms with Crippen LogP contribution in [0, 0.1) is 6.92 Å². The highest BCUT2D eigenvalue weighted by Crippen LogP contribution is 2.34. The van der Waals surface area contributed by atoms with Crippen molar-refractivity contribution in [3.8, 4) is 5.82 Å². The predicted octanol–water partition coefficient (Wildman–Crippen LogP) is 3.58. The number of carbonyl (C=O) groups is 2. The third-order valence-corrected chi connectivity index (χ3v) is 4.92. The van der Waals surface area contributed by atoms with Gasteiger partial charge in [-0.1, -0.05) is 17.7 Å². The summed E-state index contributed by atoms with van der Waals surface area (Å²) in [5, 5.41) is 5.58. The molecule has 2 amide bonds. The maximum absolute atomic E-state index is 13.2. The number of benzene rings is 1. The summed E-state index contributed by atoms with van der Waals surface area (Å²) in [7, 11) is 0. The Morgan fingerprint density at radius 3 is 2.46 bits per heavy atom. The van der Waals surface area contributed by atoms with Gasteiger partial charge in [0.1, 0.15) is 0 Å². The van der Waals surface area contributed by atoms with E-state index in [9.17, 15) is 9.59 Å². The van der Waals surface area contributed by atoms with Crippen molar-refractivity contribution < 1.29 is 9.59 Å². The van der Waals surface area contributed by atoms with E-state index in [0.29, 0.717) is 38.8 Å². The van der Waals surface area contributed by atoms with Crippen molar-refractivity contribution in [1.29, 1.82) is 0 Å². The molecule has 8 heteroatoms. The summed E-state index contributed by atoms with van der Waals surface area (Å²) >= 11 is 5.92. The quantitative estimate of drug-likeness (QED) is 0.489. The molecule has 0 atom stereocenters. The van der Waals surface area contributed by atoms with E-state index in [4.69, 9.17) is 11.6 Å². The van der Waals surface area contributed by atoms with Crippen LogP contribution in [0.4, 0.5) is 5.69 Å². The van der Waals surface area contributed by atoms with Crippen LogP contribution in [-0.4, -0.2) is 31.6 Å². The molecule has 5 rings (SSSR count). The van der Waals surface area contributed by atoms with Crippen LogP contribution >= 0.6 is 11.6 Å². The first-order chi connectivity index (χ1) is 13.6. The van der Waals surface area contributed by atoms with Crippen molar-refractivity contribution in [3.05, 3.63) is 76.7 Å². The number of rotatable bonds is 2. The van der Waals surface area contributed by atoms with Gasteiger partial charge in [0.05, 0.1) is 27.9 Å². The van der Waals surface area contributed by atoms with Crippen LogP contribution in [0.2, 0.25) is 5.02 Å². The number of fused-ring (bicyclic) bond motifs is 3. The number of imide groups is 1. The summed E-state index contributed by atoms with van der Waals surface area (Å²) in [6.45, 7) is 1.78. The van der Waals surface area contributed by atoms with E-state index in [0.717, 1.165) is 4.90 Å². The number of carbonyl (C=O) groups excluding carboxylic acids is 2. The molecule has 0 saturated heterocycles. The maximum atomic E-state index is 13.2. The Morgan fingerprint density at radius 2 is 1.75 bits per heavy atom. The van der Waals surface area contributed by atoms with Gasteiger partial charge in [-0.05, 0) is 43.3 Å². The van der Waals surface area contributed by atoms with Crippen molar-refractivity contribution >= 4 is 40.1 Å². The lowest BCUT2D eigenvalue weighted by atomic mass is 10.1. The fourth-order valence-electron chi connectivity index (χ4n) is 3.42. The van der Waals surface area contributed by atoms with Crippen LogP contribution < -0.4 is 4.90 Å². The molecule has 4 aromatic rings. The van der Waals surface area contributed by atoms with E-state index in [1.807, 2.05) is 6.07 Å². The monoisotopic (exact) mass is 389 g/mol. The van der Waals surface area contributed by atoms with Gasteiger partial charge in [0.15, 0.2) is 11.5 Å². The second kappa shape index (κ2) is 5.97. The molecule has 0 saturated carbocycles. The molecule has 7 nitrogen and oxygen atoms in total. The summed E-state index contributed by atoms with van der Waals surface area (Å²) in [6, 6.07) is 12.0. The number of anilines is 1. The zero-order valence-electron chi connectivity index (χ0n) is 14.6. The van der Waals surface area contributed by atoms with Gasteiger partial charge in [-0.2, -0.15) is 9.78 Å². The molecule has 1 aromatic carbocycles. The Morgan fingerprint density at radius 1 is 0.964 bits per heavy atom. The molecular weight excluding hydrogens is 378 g/mol. The average molecular weight is 390 g/mol. The predicted molar refractivity (Wildman–Crippen MR) is 104 cm³/mol. The SMILES string of the molecule is Cc1nn(-c2ccccn2)c2ncc3c(c12)C(=O)N(c1ccc(Cl)cc1)C3=O. The normalized spacial score (nSPS) is 13.4. The number of hydrogen-bond donors (Lipinski definition) is 0. The fourth-order valence-corrected chi connectivity index (χ4v) is 3.55. The first kappa shape index (κ1) is 16.6. The molecule has 3 aromatic heterocycles. The largest absolute Gasteiger partial charge is 0.268 e. The van der Waals surface area contributed by atoms with E-state index < -0.39 is 11.8 Å². The summed E-state index contributed by atoms with van der Waals surface area (Å²) in [5.74, 6) is -0.237. The van der Waals surface area contributed by atoms with Gasteiger partial charge in [0, 0.05) is 17.4 Å². The number of pyridine rings is 2. The lowest BCUT2D eigenvalue weighted by molar-refractivity contribution is 0.0926. The Hall–Kier alpha value is -3.58. The molecule has 0 fully saturated rings. The third-order valence-electron chi connectivity index (χ3n) is 4.67. The molecule has 136 valence electrons. The highest BCUT2D eigenvalue weighted by atomic mass is 35.5. The van der Waals surface area contributed by atoms with Crippen molar-refractivity contribution in [2.75, 3.05) is 4.90 Å². The number of nitrogens with zero attached hydrogens (tertiary/aromatic N) is 5. The van der Waals surface area contributed by atoms with Crippen molar-refractivity contribution in [3.63, 3.8) is 0 Å². The smallest absolute Gasteiger partial charge is 0.267 e. The standard InChI is InChI=1S/C20H12ClN5O2/c1-11-16-17-14(10-23-18(16)26(24-11)15-4-2-3-9-22-15)19(27)25(20(17)28)13-7-5-12(21)6-8-13/h2-10H,1H3. The molecule has 0 N–H and O–H groups in total. The Balaban J connectivity index is 1.72. The summed E-state index contributed by atoms with van der Waals surface area (Å²) < 4.78 is 1.58. The molecular formula is C20H12ClN5O2. The van der Waals surface area contributed by atoms with Gasteiger partial charge in [-0.15, -0.1) is 0 Å². The van der Waals surface area contributed by atoms with E-state index in [-0.39, 0.29) is 5.56 Å². The van der Waals surface area contributed by atoms with Crippen molar-refractivity contribution in [1.82, 2.24) is 19.7 Å². The Kier molecular flexibility index (Phi) is 3.53. The third kappa shape index (κ3) is 2.26. The summed E-state index contributed by atoms with van der Waals surface area (Å²) in [4.78, 5) is 36.0. The Bertz CT molecular complexity index is 1270. The molecule has 1 aliphatic heterocycles. The molecule has 28 heavy (non-hydrogen) atoms. The number of halogens is 1. The second-order valence-electron chi connectivity index (χ2n) is 6.35. The van der Waals surface area contributed by atoms with E-state index in [1.165, 1.54) is 6.20 Å². The van der Waals surface area contributed by atoms with Crippen LogP contribution in [0.5, 0.6) is 0 Å². The molecule has 0 aliphatic carbocycles. The molecule has 0 unspecified atom stereocenters. The number of aromatic nitrogens is 4. The minimum atomic E-state index is -0.415. The van der Waals surface area contributed by atoms with Crippen LogP contribution in [0.1, 0.15) is 26.4 Å². The van der Waals surface area contributed by atoms with Gasteiger partial charge >= 0.3 is 0 Å². The minimum Gasteiger partial charge on any atom is -0.268 e. The zero-order chi connectivity index (χ0) is 19.4. The highest BCUT2D eigenvalue weighted by Gasteiger charge is 2.40. The maximum Gasteiger partial charge on any atom is 0.267 e. The molecule has 0 spiro atoms. The lowest BCUT2D eigenvalue weighted by Crippen LogP contribution is -2.29. The van der Waals surface area contributed by atoms with Gasteiger partial charge in [-0.3, -0.25) is 9.59 Å². The number of hydrogen-bond acceptors (Lipinski definition) is 5. The molecule has 4 heterocycles. The number of amides is 2. The van der Waals surface area contributed by atoms with Crippen LogP contribution in [-0.2, 0) is 0 Å². The van der Waals surface area contributed by atoms with Crippen molar-refractivity contribution in [2.45, 2.75) is 6.92 Å². The van der Waals surface area contributed by atoms with Gasteiger partial charge in [0.2, 0.25) is 0 Å². The molecule has 0 radical (unpaired) electrons. The average Bonchev–Trinajstić information content (AvgIpc) is 3.18. The van der Waals surface area contributed by atoms with E-state index in [2.05, 4.69) is 15.1 Å². The van der Waals surface area contributed by atoms with Gasteiger partial charge in [0.25, 0.3) is 11.8 Å². The first-order valence-corrected chi connectivity index (χ1v) is 8.88. The Labute approximate surface area is 164 Å². The second-order valence-corrected chi connectivity index (χ2v) is 6.79. The minimum absolute atomic E-state index is 0.260. The van der Waals surface area contributed by atoms with E-state index in [1.54, 1.807) is 54.2 Å².